The average Bonchev–Trinajstić information content (AvgIpc) is 2.13. The second-order valence-corrected chi connectivity index (χ2v) is 4.09. The third-order valence-electron chi connectivity index (χ3n) is 2.03. The molecule has 0 saturated heterocycles. The summed E-state index contributed by atoms with van der Waals surface area (Å²) in [4.78, 5) is 0. The van der Waals surface area contributed by atoms with E-state index in [1.165, 1.54) is 6.07 Å². The minimum atomic E-state index is -0.0814. The molecule has 14 heavy (non-hydrogen) atoms. The van der Waals surface area contributed by atoms with Crippen LogP contribution in [0.3, 0.4) is 0 Å². The van der Waals surface area contributed by atoms with Gasteiger partial charge in [-0.15, -0.1) is 0 Å². The lowest BCUT2D eigenvalue weighted by molar-refractivity contribution is 0.398. The van der Waals surface area contributed by atoms with Gasteiger partial charge >= 0.3 is 0 Å². The Balaban J connectivity index is 2.75. The summed E-state index contributed by atoms with van der Waals surface area (Å²) in [7, 11) is 0. The minimum Gasteiger partial charge on any atom is -0.504 e. The van der Waals surface area contributed by atoms with Gasteiger partial charge in [0.25, 0.3) is 0 Å². The first-order valence-corrected chi connectivity index (χ1v) is 5.35. The highest BCUT2D eigenvalue weighted by atomic mass is 79.9. The van der Waals surface area contributed by atoms with Gasteiger partial charge in [-0.3, -0.25) is 0 Å². The zero-order chi connectivity index (χ0) is 10.6. The Morgan fingerprint density at radius 1 is 1.21 bits per heavy atom. The predicted octanol–water partition coefficient (Wildman–Crippen LogP) is 2.14. The molecule has 0 amide bonds. The maximum absolute atomic E-state index is 9.52. The molecular formula is C10H14BrNO2. The molecule has 0 saturated carbocycles. The molecule has 1 rings (SSSR count). The number of benzene rings is 1. The summed E-state index contributed by atoms with van der Waals surface area (Å²) in [6.07, 6.45) is 2.57. The van der Waals surface area contributed by atoms with Crippen molar-refractivity contribution in [2.45, 2.75) is 19.3 Å². The van der Waals surface area contributed by atoms with Gasteiger partial charge in [-0.2, -0.15) is 0 Å². The lowest BCUT2D eigenvalue weighted by atomic mass is 10.1. The summed E-state index contributed by atoms with van der Waals surface area (Å²) in [5, 5.41) is 18.9. The van der Waals surface area contributed by atoms with Gasteiger partial charge in [0.2, 0.25) is 0 Å². The first kappa shape index (κ1) is 11.3. The first-order chi connectivity index (χ1) is 6.65. The molecule has 0 fully saturated rings. The molecule has 4 heteroatoms. The number of phenols is 2. The molecule has 0 spiro atoms. The average molecular weight is 260 g/mol. The molecule has 3 nitrogen and oxygen atoms in total. The molecule has 78 valence electrons. The molecule has 1 aromatic rings. The van der Waals surface area contributed by atoms with Gasteiger partial charge in [-0.25, -0.2) is 0 Å². The van der Waals surface area contributed by atoms with Gasteiger partial charge in [0.05, 0.1) is 0 Å². The van der Waals surface area contributed by atoms with Crippen LogP contribution >= 0.6 is 15.9 Å². The Hall–Kier alpha value is -0.740. The Kier molecular flexibility index (Phi) is 4.22. The van der Waals surface area contributed by atoms with Crippen LogP contribution in [-0.4, -0.2) is 16.8 Å². The predicted molar refractivity (Wildman–Crippen MR) is 59.5 cm³/mol. The van der Waals surface area contributed by atoms with E-state index in [2.05, 4.69) is 15.9 Å². The summed E-state index contributed by atoms with van der Waals surface area (Å²) in [5.74, 6) is -0.104. The highest BCUT2D eigenvalue weighted by Crippen LogP contribution is 2.33. The molecule has 1 aromatic carbocycles. The largest absolute Gasteiger partial charge is 0.504 e. The van der Waals surface area contributed by atoms with Gasteiger partial charge in [0, 0.05) is 4.47 Å². The lowest BCUT2D eigenvalue weighted by Crippen LogP contribution is -1.99. The third kappa shape index (κ3) is 2.89. The van der Waals surface area contributed by atoms with E-state index in [9.17, 15) is 10.2 Å². The zero-order valence-corrected chi connectivity index (χ0v) is 9.42. The topological polar surface area (TPSA) is 66.5 Å². The Bertz CT molecular complexity index is 315. The summed E-state index contributed by atoms with van der Waals surface area (Å²) < 4.78 is 0.774. The smallest absolute Gasteiger partial charge is 0.160 e. The Morgan fingerprint density at radius 2 is 1.93 bits per heavy atom. The summed E-state index contributed by atoms with van der Waals surface area (Å²) in [6, 6.07) is 3.29. The zero-order valence-electron chi connectivity index (χ0n) is 7.83. The highest BCUT2D eigenvalue weighted by molar-refractivity contribution is 9.10. The number of rotatable bonds is 4. The molecule has 0 aliphatic carbocycles. The Morgan fingerprint density at radius 3 is 2.57 bits per heavy atom. The molecule has 0 radical (unpaired) electrons. The van der Waals surface area contributed by atoms with Gasteiger partial charge < -0.3 is 15.9 Å². The maximum atomic E-state index is 9.52. The summed E-state index contributed by atoms with van der Waals surface area (Å²) in [6.45, 7) is 0.654. The second-order valence-electron chi connectivity index (χ2n) is 3.18. The number of hydrogen-bond acceptors (Lipinski definition) is 3. The van der Waals surface area contributed by atoms with E-state index < -0.39 is 0 Å². The standard InChI is InChI=1S/C10H14BrNO2/c11-8-5-7(3-1-2-4-12)10(14)9(13)6-8/h5-6,13-14H,1-4,12H2. The second kappa shape index (κ2) is 5.22. The van der Waals surface area contributed by atoms with E-state index in [1.807, 2.05) is 6.07 Å². The van der Waals surface area contributed by atoms with Gasteiger partial charge in [0.15, 0.2) is 11.5 Å². The van der Waals surface area contributed by atoms with Gasteiger partial charge in [0.1, 0.15) is 0 Å². The monoisotopic (exact) mass is 259 g/mol. The van der Waals surface area contributed by atoms with Crippen molar-refractivity contribution in [3.8, 4) is 11.5 Å². The van der Waals surface area contributed by atoms with Crippen LogP contribution in [0.15, 0.2) is 16.6 Å². The summed E-state index contributed by atoms with van der Waals surface area (Å²) >= 11 is 3.26. The van der Waals surface area contributed by atoms with E-state index in [4.69, 9.17) is 5.73 Å². The van der Waals surface area contributed by atoms with Gasteiger partial charge in [-0.05, 0) is 43.5 Å². The van der Waals surface area contributed by atoms with Crippen LogP contribution < -0.4 is 5.73 Å². The fraction of sp³-hybridized carbons (Fsp3) is 0.400. The number of unbranched alkanes of at least 4 members (excludes halogenated alkanes) is 1. The van der Waals surface area contributed by atoms with E-state index >= 15 is 0 Å². The van der Waals surface area contributed by atoms with Crippen LogP contribution in [0.1, 0.15) is 18.4 Å². The van der Waals surface area contributed by atoms with Gasteiger partial charge in [-0.1, -0.05) is 15.9 Å². The SMILES string of the molecule is NCCCCc1cc(Br)cc(O)c1O. The fourth-order valence-electron chi connectivity index (χ4n) is 1.29. The van der Waals surface area contributed by atoms with E-state index in [-0.39, 0.29) is 11.5 Å². The van der Waals surface area contributed by atoms with Crippen molar-refractivity contribution in [3.05, 3.63) is 22.2 Å². The van der Waals surface area contributed by atoms with Crippen LogP contribution in [-0.2, 0) is 6.42 Å². The maximum Gasteiger partial charge on any atom is 0.160 e. The molecule has 0 heterocycles. The van der Waals surface area contributed by atoms with Crippen molar-refractivity contribution in [1.29, 1.82) is 0 Å². The molecule has 4 N–H and O–H groups in total. The van der Waals surface area contributed by atoms with Crippen LogP contribution in [0.25, 0.3) is 0 Å². The lowest BCUT2D eigenvalue weighted by Gasteiger charge is -2.06. The van der Waals surface area contributed by atoms with Crippen LogP contribution in [0.4, 0.5) is 0 Å². The number of halogens is 1. The molecule has 0 bridgehead atoms. The molecule has 0 unspecified atom stereocenters. The third-order valence-corrected chi connectivity index (χ3v) is 2.49. The quantitative estimate of drug-likeness (QED) is 0.574. The number of phenolic OH excluding ortho intramolecular Hbond substituents is 2. The summed E-state index contributed by atoms with van der Waals surface area (Å²) in [5.41, 5.74) is 6.12. The van der Waals surface area contributed by atoms with E-state index in [0.29, 0.717) is 6.54 Å². The van der Waals surface area contributed by atoms with Crippen LogP contribution in [0.5, 0.6) is 11.5 Å². The number of aryl methyl sites for hydroxylation is 1. The molecule has 0 aliphatic heterocycles. The van der Waals surface area contributed by atoms with Crippen molar-refractivity contribution < 1.29 is 10.2 Å². The Labute approximate surface area is 91.7 Å². The number of aromatic hydroxyl groups is 2. The van der Waals surface area contributed by atoms with Crippen molar-refractivity contribution >= 4 is 15.9 Å². The fourth-order valence-corrected chi connectivity index (χ4v) is 1.78. The molecule has 0 aromatic heterocycles. The number of nitrogens with two attached hydrogens (primary N) is 1. The van der Waals surface area contributed by atoms with Crippen LogP contribution in [0.2, 0.25) is 0 Å². The molecule has 0 aliphatic rings. The first-order valence-electron chi connectivity index (χ1n) is 4.55. The van der Waals surface area contributed by atoms with Crippen LogP contribution in [0, 0.1) is 0 Å². The number of hydrogen-bond donors (Lipinski definition) is 3. The molecule has 0 atom stereocenters. The van der Waals surface area contributed by atoms with E-state index in [0.717, 1.165) is 29.3 Å². The van der Waals surface area contributed by atoms with Crippen molar-refractivity contribution in [2.75, 3.05) is 6.54 Å². The minimum absolute atomic E-state index is 0.0229. The van der Waals surface area contributed by atoms with Crippen molar-refractivity contribution in [2.24, 2.45) is 5.73 Å². The molecular weight excluding hydrogens is 246 g/mol. The normalized spacial score (nSPS) is 10.4. The van der Waals surface area contributed by atoms with E-state index in [1.54, 1.807) is 0 Å². The highest BCUT2D eigenvalue weighted by Gasteiger charge is 2.07. The van der Waals surface area contributed by atoms with Crippen molar-refractivity contribution in [3.63, 3.8) is 0 Å². The van der Waals surface area contributed by atoms with Crippen molar-refractivity contribution in [1.82, 2.24) is 0 Å².